The first-order chi connectivity index (χ1) is 12.2. The van der Waals surface area contributed by atoms with E-state index in [2.05, 4.69) is 10.5 Å². The van der Waals surface area contributed by atoms with Crippen LogP contribution in [0.4, 0.5) is 11.4 Å². The molecule has 0 aromatic heterocycles. The first kappa shape index (κ1) is 19.1. The lowest BCUT2D eigenvalue weighted by Crippen LogP contribution is -2.30. The molecule has 7 nitrogen and oxygen atoms in total. The van der Waals surface area contributed by atoms with Gasteiger partial charge in [0.15, 0.2) is 0 Å². The minimum Gasteiger partial charge on any atom is -0.455 e. The Morgan fingerprint density at radius 1 is 1.12 bits per heavy atom. The highest BCUT2D eigenvalue weighted by molar-refractivity contribution is 6.37. The van der Waals surface area contributed by atoms with Gasteiger partial charge in [-0.3, -0.25) is 15.5 Å². The molecule has 2 aromatic rings. The number of rotatable bonds is 6. The second-order valence-corrected chi connectivity index (χ2v) is 6.64. The van der Waals surface area contributed by atoms with E-state index in [4.69, 9.17) is 4.74 Å². The first-order valence-corrected chi connectivity index (χ1v) is 8.09. The van der Waals surface area contributed by atoms with Crippen molar-refractivity contribution in [3.63, 3.8) is 0 Å². The number of nitrogens with zero attached hydrogens (tertiary/aromatic N) is 2. The third-order valence-electron chi connectivity index (χ3n) is 3.25. The van der Waals surface area contributed by atoms with Gasteiger partial charge in [0, 0.05) is 18.6 Å². The number of non-ortho nitro benzene ring substituents is 1. The molecule has 0 fully saturated rings. The zero-order valence-corrected chi connectivity index (χ0v) is 14.9. The van der Waals surface area contributed by atoms with Crippen LogP contribution < -0.4 is 5.43 Å². The number of carbonyl (C=O) groups excluding carboxylic acids is 1. The van der Waals surface area contributed by atoms with Gasteiger partial charge in [-0.1, -0.05) is 30.3 Å². The molecular formula is C19H21N3O4. The monoisotopic (exact) mass is 355 g/mol. The summed E-state index contributed by atoms with van der Waals surface area (Å²) in [5.41, 5.74) is 3.77. The Labute approximate surface area is 151 Å². The second kappa shape index (κ2) is 8.24. The van der Waals surface area contributed by atoms with E-state index < -0.39 is 16.5 Å². The Bertz CT molecular complexity index is 794. The molecule has 0 spiro atoms. The van der Waals surface area contributed by atoms with Crippen LogP contribution in [0.3, 0.4) is 0 Å². The van der Waals surface area contributed by atoms with Crippen LogP contribution in [0.2, 0.25) is 0 Å². The van der Waals surface area contributed by atoms with Crippen molar-refractivity contribution in [2.24, 2.45) is 5.10 Å². The van der Waals surface area contributed by atoms with Gasteiger partial charge in [0.2, 0.25) is 0 Å². The van der Waals surface area contributed by atoms with E-state index in [0.29, 0.717) is 12.1 Å². The van der Waals surface area contributed by atoms with E-state index in [1.807, 2.05) is 30.3 Å². The first-order valence-electron chi connectivity index (χ1n) is 8.09. The molecule has 1 N–H and O–H groups in total. The largest absolute Gasteiger partial charge is 0.455 e. The minimum absolute atomic E-state index is 0.0174. The third kappa shape index (κ3) is 6.01. The van der Waals surface area contributed by atoms with Gasteiger partial charge in [-0.25, -0.2) is 4.79 Å². The Morgan fingerprint density at radius 3 is 2.27 bits per heavy atom. The minimum atomic E-state index is -0.637. The van der Waals surface area contributed by atoms with Crippen LogP contribution >= 0.6 is 0 Å². The van der Waals surface area contributed by atoms with Crippen LogP contribution in [-0.2, 0) is 16.0 Å². The summed E-state index contributed by atoms with van der Waals surface area (Å²) in [4.78, 5) is 22.7. The van der Waals surface area contributed by atoms with E-state index in [9.17, 15) is 14.9 Å². The van der Waals surface area contributed by atoms with Gasteiger partial charge in [0.05, 0.1) is 10.6 Å². The van der Waals surface area contributed by atoms with E-state index in [0.717, 1.165) is 5.56 Å². The van der Waals surface area contributed by atoms with Crippen molar-refractivity contribution < 1.29 is 14.5 Å². The molecule has 0 radical (unpaired) electrons. The molecule has 0 amide bonds. The van der Waals surface area contributed by atoms with Crippen LogP contribution in [0.15, 0.2) is 59.7 Å². The number of hydrogen-bond acceptors (Lipinski definition) is 6. The normalized spacial score (nSPS) is 11.7. The van der Waals surface area contributed by atoms with Crippen LogP contribution in [0.5, 0.6) is 0 Å². The predicted molar refractivity (Wildman–Crippen MR) is 100 cm³/mol. The maximum absolute atomic E-state index is 12.4. The van der Waals surface area contributed by atoms with Gasteiger partial charge in [0.1, 0.15) is 11.3 Å². The number of carbonyl (C=O) groups is 1. The van der Waals surface area contributed by atoms with E-state index >= 15 is 0 Å². The fraction of sp³-hybridized carbons (Fsp3) is 0.263. The highest BCUT2D eigenvalue weighted by Crippen LogP contribution is 2.16. The van der Waals surface area contributed by atoms with E-state index in [-0.39, 0.29) is 11.4 Å². The summed E-state index contributed by atoms with van der Waals surface area (Å²) in [6, 6.07) is 15.2. The van der Waals surface area contributed by atoms with Crippen LogP contribution in [0, 0.1) is 10.1 Å². The molecule has 7 heteroatoms. The number of esters is 1. The molecule has 0 unspecified atom stereocenters. The number of anilines is 1. The second-order valence-electron chi connectivity index (χ2n) is 6.64. The van der Waals surface area contributed by atoms with Crippen molar-refractivity contribution in [1.29, 1.82) is 0 Å². The van der Waals surface area contributed by atoms with Crippen LogP contribution in [-0.4, -0.2) is 22.2 Å². The maximum Gasteiger partial charge on any atom is 0.355 e. The molecule has 0 aliphatic carbocycles. The Kier molecular flexibility index (Phi) is 6.06. The van der Waals surface area contributed by atoms with Gasteiger partial charge in [-0.2, -0.15) is 5.10 Å². The van der Waals surface area contributed by atoms with Gasteiger partial charge in [0.25, 0.3) is 5.69 Å². The van der Waals surface area contributed by atoms with Gasteiger partial charge in [-0.15, -0.1) is 0 Å². The lowest BCUT2D eigenvalue weighted by molar-refractivity contribution is -0.384. The predicted octanol–water partition coefficient (Wildman–Crippen LogP) is 3.95. The molecule has 2 rings (SSSR count). The van der Waals surface area contributed by atoms with Crippen molar-refractivity contribution in [2.45, 2.75) is 32.8 Å². The Hall–Kier alpha value is -3.22. The third-order valence-corrected chi connectivity index (χ3v) is 3.25. The fourth-order valence-electron chi connectivity index (χ4n) is 2.07. The van der Waals surface area contributed by atoms with Crippen LogP contribution in [0.1, 0.15) is 26.3 Å². The van der Waals surface area contributed by atoms with Crippen molar-refractivity contribution in [3.8, 4) is 0 Å². The zero-order valence-electron chi connectivity index (χ0n) is 14.9. The molecule has 136 valence electrons. The highest BCUT2D eigenvalue weighted by atomic mass is 16.6. The summed E-state index contributed by atoms with van der Waals surface area (Å²) >= 11 is 0. The van der Waals surface area contributed by atoms with Gasteiger partial charge >= 0.3 is 5.97 Å². The smallest absolute Gasteiger partial charge is 0.355 e. The van der Waals surface area contributed by atoms with Gasteiger partial charge < -0.3 is 4.74 Å². The number of hydrazone groups is 1. The number of hydrogen-bond donors (Lipinski definition) is 1. The van der Waals surface area contributed by atoms with Crippen molar-refractivity contribution in [3.05, 3.63) is 70.3 Å². The number of nitro benzene ring substituents is 1. The lowest BCUT2D eigenvalue weighted by atomic mass is 10.1. The van der Waals surface area contributed by atoms with Crippen molar-refractivity contribution in [1.82, 2.24) is 0 Å². The molecule has 2 aromatic carbocycles. The fourth-order valence-corrected chi connectivity index (χ4v) is 2.07. The molecule has 0 saturated carbocycles. The average Bonchev–Trinajstić information content (AvgIpc) is 2.58. The summed E-state index contributed by atoms with van der Waals surface area (Å²) in [6.45, 7) is 5.36. The molecule has 0 aliphatic rings. The summed E-state index contributed by atoms with van der Waals surface area (Å²) < 4.78 is 5.41. The van der Waals surface area contributed by atoms with E-state index in [1.165, 1.54) is 24.3 Å². The number of nitro groups is 1. The Morgan fingerprint density at radius 2 is 1.73 bits per heavy atom. The molecule has 26 heavy (non-hydrogen) atoms. The maximum atomic E-state index is 12.4. The molecule has 0 bridgehead atoms. The number of benzene rings is 2. The average molecular weight is 355 g/mol. The lowest BCUT2D eigenvalue weighted by Gasteiger charge is -2.20. The molecule has 0 atom stereocenters. The summed E-state index contributed by atoms with van der Waals surface area (Å²) in [6.07, 6.45) is 0.301. The SMILES string of the molecule is CC(C)(C)OC(=O)C(Cc1ccccc1)=NNc1ccc([N+](=O)[O-])cc1. The highest BCUT2D eigenvalue weighted by Gasteiger charge is 2.21. The van der Waals surface area contributed by atoms with E-state index in [1.54, 1.807) is 20.8 Å². The van der Waals surface area contributed by atoms with Crippen molar-refractivity contribution in [2.75, 3.05) is 5.43 Å². The molecular weight excluding hydrogens is 334 g/mol. The summed E-state index contributed by atoms with van der Waals surface area (Å²) in [7, 11) is 0. The summed E-state index contributed by atoms with van der Waals surface area (Å²) in [5, 5.41) is 14.9. The molecule has 0 saturated heterocycles. The molecule has 0 heterocycles. The summed E-state index contributed by atoms with van der Waals surface area (Å²) in [5.74, 6) is -0.518. The van der Waals surface area contributed by atoms with Crippen molar-refractivity contribution >= 4 is 23.1 Å². The Balaban J connectivity index is 2.19. The molecule has 0 aliphatic heterocycles. The van der Waals surface area contributed by atoms with Crippen LogP contribution in [0.25, 0.3) is 0 Å². The standard InChI is InChI=1S/C19H21N3O4/c1-19(2,3)26-18(23)17(13-14-7-5-4-6-8-14)21-20-15-9-11-16(12-10-15)22(24)25/h4-12,20H,13H2,1-3H3. The number of ether oxygens (including phenoxy) is 1. The quantitative estimate of drug-likeness (QED) is 0.366. The number of nitrogens with one attached hydrogen (secondary N) is 1. The van der Waals surface area contributed by atoms with Gasteiger partial charge in [-0.05, 0) is 38.5 Å². The topological polar surface area (TPSA) is 93.8 Å². The zero-order chi connectivity index (χ0) is 19.2.